The van der Waals surface area contributed by atoms with E-state index < -0.39 is 11.8 Å². The summed E-state index contributed by atoms with van der Waals surface area (Å²) in [6, 6.07) is 6.80. The van der Waals surface area contributed by atoms with Crippen molar-refractivity contribution >= 4 is 28.2 Å². The van der Waals surface area contributed by atoms with E-state index in [-0.39, 0.29) is 12.2 Å². The van der Waals surface area contributed by atoms with Crippen molar-refractivity contribution in [2.24, 2.45) is 0 Å². The van der Waals surface area contributed by atoms with Crippen LogP contribution in [-0.2, 0) is 17.8 Å². The summed E-state index contributed by atoms with van der Waals surface area (Å²) in [6.07, 6.45) is -0.127. The van der Waals surface area contributed by atoms with Crippen LogP contribution in [0.25, 0.3) is 10.9 Å². The van der Waals surface area contributed by atoms with Crippen LogP contribution in [0.3, 0.4) is 0 Å². The molecule has 0 saturated carbocycles. The molecule has 7 heteroatoms. The van der Waals surface area contributed by atoms with Gasteiger partial charge in [-0.2, -0.15) is 0 Å². The van der Waals surface area contributed by atoms with Gasteiger partial charge in [-0.15, -0.1) is 11.3 Å². The van der Waals surface area contributed by atoms with Crippen LogP contribution in [0.1, 0.15) is 16.1 Å². The number of aromatic nitrogens is 1. The molecule has 2 aromatic heterocycles. The Morgan fingerprint density at radius 2 is 2.04 bits per heavy atom. The molecule has 0 amide bonds. The quantitative estimate of drug-likeness (QED) is 0.723. The second kappa shape index (κ2) is 6.76. The second-order valence-corrected chi connectivity index (χ2v) is 6.78. The van der Waals surface area contributed by atoms with Crippen LogP contribution in [0.2, 0.25) is 0 Å². The number of nitrogens with zero attached hydrogens (tertiary/aromatic N) is 1. The number of carboxylic acid groups (broad SMARTS) is 1. The normalized spacial score (nSPS) is 11.0. The highest BCUT2D eigenvalue weighted by molar-refractivity contribution is 7.13. The van der Waals surface area contributed by atoms with Crippen molar-refractivity contribution in [1.29, 1.82) is 0 Å². The Balaban J connectivity index is 2.17. The Bertz CT molecular complexity index is 944. The summed E-state index contributed by atoms with van der Waals surface area (Å²) in [5.41, 5.74) is 2.13. The summed E-state index contributed by atoms with van der Waals surface area (Å²) in [5, 5.41) is 10.7. The molecule has 0 aliphatic carbocycles. The van der Waals surface area contributed by atoms with Crippen LogP contribution in [0.4, 0.5) is 4.39 Å². The van der Waals surface area contributed by atoms with Gasteiger partial charge in [0, 0.05) is 22.0 Å². The first-order valence-electron chi connectivity index (χ1n) is 7.64. The molecule has 1 aromatic carbocycles. The second-order valence-electron chi connectivity index (χ2n) is 5.65. The number of thiophene rings is 1. The number of rotatable bonds is 6. The Kier molecular flexibility index (Phi) is 4.67. The minimum absolute atomic E-state index is 0.106. The third kappa shape index (κ3) is 3.19. The van der Waals surface area contributed by atoms with Crippen LogP contribution < -0.4 is 9.47 Å². The zero-order chi connectivity index (χ0) is 18.1. The number of benzene rings is 1. The third-order valence-corrected chi connectivity index (χ3v) is 5.24. The van der Waals surface area contributed by atoms with Crippen LogP contribution in [-0.4, -0.2) is 29.9 Å². The Labute approximate surface area is 148 Å². The molecule has 0 aliphatic rings. The lowest BCUT2D eigenvalue weighted by Gasteiger charge is -2.08. The average Bonchev–Trinajstić information content (AvgIpc) is 3.12. The molecule has 0 unspecified atom stereocenters. The van der Waals surface area contributed by atoms with Crippen molar-refractivity contribution in [3.8, 4) is 10.8 Å². The van der Waals surface area contributed by atoms with Crippen LogP contribution in [0.5, 0.6) is 10.8 Å². The molecule has 0 spiro atoms. The number of ether oxygens (including phenoxy) is 2. The van der Waals surface area contributed by atoms with Gasteiger partial charge in [0.2, 0.25) is 0 Å². The predicted molar refractivity (Wildman–Crippen MR) is 94.5 cm³/mol. The Hall–Kier alpha value is -2.54. The summed E-state index contributed by atoms with van der Waals surface area (Å²) in [7, 11) is 3.00. The lowest BCUT2D eigenvalue weighted by Crippen LogP contribution is -2.04. The SMILES string of the molecule is COc1ccc(Cn2c(C)c(CC(=O)O)c3cc(OC)c(F)cc32)s1. The topological polar surface area (TPSA) is 60.7 Å². The molecule has 25 heavy (non-hydrogen) atoms. The summed E-state index contributed by atoms with van der Waals surface area (Å²) in [4.78, 5) is 12.3. The van der Waals surface area contributed by atoms with Gasteiger partial charge in [0.25, 0.3) is 0 Å². The maximum Gasteiger partial charge on any atom is 0.307 e. The number of carbonyl (C=O) groups is 1. The summed E-state index contributed by atoms with van der Waals surface area (Å²) >= 11 is 1.50. The number of fused-ring (bicyclic) bond motifs is 1. The van der Waals surface area contributed by atoms with Crippen molar-refractivity contribution in [3.63, 3.8) is 0 Å². The summed E-state index contributed by atoms with van der Waals surface area (Å²) < 4.78 is 26.4. The molecular weight excluding hydrogens is 345 g/mol. The molecule has 2 heterocycles. The van der Waals surface area contributed by atoms with E-state index in [4.69, 9.17) is 9.47 Å². The van der Waals surface area contributed by atoms with Gasteiger partial charge < -0.3 is 19.1 Å². The van der Waals surface area contributed by atoms with Gasteiger partial charge in [0.05, 0.1) is 32.7 Å². The highest BCUT2D eigenvalue weighted by Gasteiger charge is 2.19. The standard InChI is InChI=1S/C18H18FNO4S/c1-10-12(7-17(21)22)13-6-16(23-2)14(19)8-15(13)20(10)9-11-4-5-18(24-3)25-11/h4-6,8H,7,9H2,1-3H3,(H,21,22). The molecule has 0 atom stereocenters. The fraction of sp³-hybridized carbons (Fsp3) is 0.278. The monoisotopic (exact) mass is 363 g/mol. The molecule has 1 N–H and O–H groups in total. The van der Waals surface area contributed by atoms with Gasteiger partial charge in [-0.3, -0.25) is 4.79 Å². The van der Waals surface area contributed by atoms with E-state index in [2.05, 4.69) is 0 Å². The maximum absolute atomic E-state index is 14.2. The molecule has 5 nitrogen and oxygen atoms in total. The van der Waals surface area contributed by atoms with E-state index in [1.165, 1.54) is 24.5 Å². The Morgan fingerprint density at radius 3 is 2.64 bits per heavy atom. The number of hydrogen-bond acceptors (Lipinski definition) is 4. The molecule has 132 valence electrons. The van der Waals surface area contributed by atoms with Crippen LogP contribution in [0.15, 0.2) is 24.3 Å². The number of methoxy groups -OCH3 is 2. The van der Waals surface area contributed by atoms with E-state index in [1.807, 2.05) is 23.6 Å². The lowest BCUT2D eigenvalue weighted by molar-refractivity contribution is -0.136. The minimum atomic E-state index is -0.928. The fourth-order valence-electron chi connectivity index (χ4n) is 2.99. The van der Waals surface area contributed by atoms with E-state index in [0.29, 0.717) is 23.0 Å². The van der Waals surface area contributed by atoms with Gasteiger partial charge in [0.15, 0.2) is 16.6 Å². The highest BCUT2D eigenvalue weighted by Crippen LogP contribution is 2.34. The fourth-order valence-corrected chi connectivity index (χ4v) is 3.80. The smallest absolute Gasteiger partial charge is 0.307 e. The lowest BCUT2D eigenvalue weighted by atomic mass is 10.1. The molecule has 3 aromatic rings. The molecule has 3 rings (SSSR count). The van der Waals surface area contributed by atoms with Crippen molar-refractivity contribution in [2.45, 2.75) is 19.9 Å². The van der Waals surface area contributed by atoms with Crippen molar-refractivity contribution in [2.75, 3.05) is 14.2 Å². The average molecular weight is 363 g/mol. The molecule has 0 radical (unpaired) electrons. The maximum atomic E-state index is 14.2. The minimum Gasteiger partial charge on any atom is -0.494 e. The van der Waals surface area contributed by atoms with E-state index in [1.54, 1.807) is 13.2 Å². The van der Waals surface area contributed by atoms with Crippen molar-refractivity contribution in [1.82, 2.24) is 4.57 Å². The van der Waals surface area contributed by atoms with E-state index in [0.717, 1.165) is 15.6 Å². The summed E-state index contributed by atoms with van der Waals surface area (Å²) in [5.74, 6) is -1.29. The molecule has 0 fully saturated rings. The van der Waals surface area contributed by atoms with E-state index in [9.17, 15) is 14.3 Å². The largest absolute Gasteiger partial charge is 0.494 e. The van der Waals surface area contributed by atoms with E-state index >= 15 is 0 Å². The van der Waals surface area contributed by atoms with Gasteiger partial charge in [-0.1, -0.05) is 0 Å². The van der Waals surface area contributed by atoms with Gasteiger partial charge >= 0.3 is 5.97 Å². The predicted octanol–water partition coefficient (Wildman–Crippen LogP) is 3.84. The van der Waals surface area contributed by atoms with Gasteiger partial charge in [-0.05, 0) is 30.7 Å². The summed E-state index contributed by atoms with van der Waals surface area (Å²) in [6.45, 7) is 2.37. The van der Waals surface area contributed by atoms with Crippen LogP contribution in [0, 0.1) is 12.7 Å². The molecule has 0 aliphatic heterocycles. The zero-order valence-corrected chi connectivity index (χ0v) is 14.9. The Morgan fingerprint density at radius 1 is 1.28 bits per heavy atom. The highest BCUT2D eigenvalue weighted by atomic mass is 32.1. The van der Waals surface area contributed by atoms with Crippen molar-refractivity contribution in [3.05, 3.63) is 46.2 Å². The first-order valence-corrected chi connectivity index (χ1v) is 8.46. The zero-order valence-electron chi connectivity index (χ0n) is 14.1. The number of carboxylic acids is 1. The first-order chi connectivity index (χ1) is 11.9. The van der Waals surface area contributed by atoms with Crippen molar-refractivity contribution < 1.29 is 23.8 Å². The van der Waals surface area contributed by atoms with Crippen LogP contribution >= 0.6 is 11.3 Å². The number of aliphatic carboxylic acids is 1. The molecule has 0 saturated heterocycles. The van der Waals surface area contributed by atoms with Gasteiger partial charge in [0.1, 0.15) is 0 Å². The van der Waals surface area contributed by atoms with Gasteiger partial charge in [-0.25, -0.2) is 4.39 Å². The third-order valence-electron chi connectivity index (χ3n) is 4.21. The number of hydrogen-bond donors (Lipinski definition) is 1. The first kappa shape index (κ1) is 17.3. The molecule has 0 bridgehead atoms. The molecular formula is C18H18FNO4S. The number of halogens is 1.